The Hall–Kier alpha value is -2.50. The number of fused-ring (bicyclic) bond motifs is 1. The van der Waals surface area contributed by atoms with E-state index in [4.69, 9.17) is 0 Å². The molecule has 1 aromatic heterocycles. The Labute approximate surface area is 164 Å². The van der Waals surface area contributed by atoms with Crippen LogP contribution in [0, 0.1) is 23.7 Å². The van der Waals surface area contributed by atoms with E-state index in [1.807, 2.05) is 19.1 Å². The maximum atomic E-state index is 13.0. The summed E-state index contributed by atoms with van der Waals surface area (Å²) in [5.74, 6) is 2.47. The fourth-order valence-corrected chi connectivity index (χ4v) is 5.78. The van der Waals surface area contributed by atoms with E-state index >= 15 is 0 Å². The zero-order valence-corrected chi connectivity index (χ0v) is 16.2. The summed E-state index contributed by atoms with van der Waals surface area (Å²) < 4.78 is 1.40. The van der Waals surface area contributed by atoms with Gasteiger partial charge in [0.1, 0.15) is 0 Å². The maximum absolute atomic E-state index is 13.0. The summed E-state index contributed by atoms with van der Waals surface area (Å²) in [5, 5.41) is 10.1. The Morgan fingerprint density at radius 3 is 2.39 bits per heavy atom. The molecule has 1 amide bonds. The fourth-order valence-electron chi connectivity index (χ4n) is 5.78. The van der Waals surface area contributed by atoms with Gasteiger partial charge in [0.05, 0.1) is 5.39 Å². The number of nitrogens with one attached hydrogen (secondary N) is 1. The monoisotopic (exact) mass is 378 g/mol. The summed E-state index contributed by atoms with van der Waals surface area (Å²) in [6, 6.07) is 7.18. The van der Waals surface area contributed by atoms with Crippen molar-refractivity contribution in [3.63, 3.8) is 0 Å². The molecule has 0 atom stereocenters. The molecular weight excluding hydrogens is 352 g/mol. The van der Waals surface area contributed by atoms with Gasteiger partial charge in [0.15, 0.2) is 5.69 Å². The van der Waals surface area contributed by atoms with Crippen LogP contribution in [0.4, 0.5) is 0 Å². The molecule has 1 aromatic carbocycles. The molecule has 0 radical (unpaired) electrons. The highest BCUT2D eigenvalue weighted by atomic mass is 16.2. The summed E-state index contributed by atoms with van der Waals surface area (Å²) in [5.41, 5.74) is 4.09. The maximum Gasteiger partial charge on any atom is 0.292 e. The largest absolute Gasteiger partial charge is 0.292 e. The second-order valence-electron chi connectivity index (χ2n) is 8.70. The van der Waals surface area contributed by atoms with Crippen molar-refractivity contribution in [1.29, 1.82) is 0 Å². The molecule has 6 nitrogen and oxygen atoms in total. The Morgan fingerprint density at radius 2 is 1.75 bits per heavy atom. The van der Waals surface area contributed by atoms with Crippen molar-refractivity contribution >= 4 is 22.4 Å². The lowest BCUT2D eigenvalue weighted by molar-refractivity contribution is 0.0937. The molecule has 4 fully saturated rings. The predicted molar refractivity (Wildman–Crippen MR) is 108 cm³/mol. The Bertz CT molecular complexity index is 993. The molecule has 4 saturated carbocycles. The Kier molecular flexibility index (Phi) is 4.29. The minimum atomic E-state index is -0.331. The lowest BCUT2D eigenvalue weighted by Crippen LogP contribution is -2.46. The SMILES string of the molecule is CCCn1nc(C(=O)NN=C2C3CC4CC(C3)CC2C4)c2ccccc2c1=O. The molecule has 6 heteroatoms. The third-order valence-corrected chi connectivity index (χ3v) is 6.78. The lowest BCUT2D eigenvalue weighted by atomic mass is 9.55. The number of aromatic nitrogens is 2. The third-order valence-electron chi connectivity index (χ3n) is 6.78. The summed E-state index contributed by atoms with van der Waals surface area (Å²) in [7, 11) is 0. The second-order valence-corrected chi connectivity index (χ2v) is 8.70. The number of carbonyl (C=O) groups excluding carboxylic acids is 1. The van der Waals surface area contributed by atoms with E-state index in [0.717, 1.165) is 18.3 Å². The van der Waals surface area contributed by atoms with Gasteiger partial charge < -0.3 is 0 Å². The molecule has 4 bridgehead atoms. The van der Waals surface area contributed by atoms with Crippen LogP contribution < -0.4 is 11.0 Å². The van der Waals surface area contributed by atoms with Crippen molar-refractivity contribution in [2.45, 2.75) is 52.0 Å². The molecule has 4 aliphatic carbocycles. The van der Waals surface area contributed by atoms with Crippen molar-refractivity contribution in [1.82, 2.24) is 15.2 Å². The number of carbonyl (C=O) groups is 1. The molecule has 28 heavy (non-hydrogen) atoms. The van der Waals surface area contributed by atoms with E-state index in [-0.39, 0.29) is 17.2 Å². The van der Waals surface area contributed by atoms with Crippen LogP contribution in [0.1, 0.15) is 55.9 Å². The minimum absolute atomic E-state index is 0.152. The van der Waals surface area contributed by atoms with Gasteiger partial charge in [-0.3, -0.25) is 9.59 Å². The fraction of sp³-hybridized carbons (Fsp3) is 0.545. The van der Waals surface area contributed by atoms with Crippen molar-refractivity contribution in [2.24, 2.45) is 28.8 Å². The van der Waals surface area contributed by atoms with Crippen LogP contribution in [0.2, 0.25) is 0 Å². The van der Waals surface area contributed by atoms with Crippen LogP contribution >= 0.6 is 0 Å². The molecule has 0 spiro atoms. The van der Waals surface area contributed by atoms with E-state index in [1.54, 1.807) is 12.1 Å². The van der Waals surface area contributed by atoms with Gasteiger partial charge in [-0.1, -0.05) is 25.1 Å². The van der Waals surface area contributed by atoms with Gasteiger partial charge >= 0.3 is 0 Å². The highest BCUT2D eigenvalue weighted by molar-refractivity contribution is 6.05. The third kappa shape index (κ3) is 2.86. The van der Waals surface area contributed by atoms with E-state index in [0.29, 0.717) is 29.2 Å². The van der Waals surface area contributed by atoms with E-state index < -0.39 is 0 Å². The molecule has 0 unspecified atom stereocenters. The summed E-state index contributed by atoms with van der Waals surface area (Å²) >= 11 is 0. The molecule has 1 heterocycles. The standard InChI is InChI=1S/C22H26N4O2/c1-2-7-26-22(28)18-6-4-3-5-17(18)20(25-26)21(27)24-23-19-15-9-13-8-14(11-15)12-16(19)10-13/h3-6,13-16H,2,7-12H2,1H3,(H,24,27). The van der Waals surface area contributed by atoms with Gasteiger partial charge in [-0.2, -0.15) is 10.2 Å². The number of aryl methyl sites for hydroxylation is 1. The quantitative estimate of drug-likeness (QED) is 0.829. The van der Waals surface area contributed by atoms with Gasteiger partial charge in [-0.15, -0.1) is 0 Å². The Balaban J connectivity index is 1.46. The van der Waals surface area contributed by atoms with Gasteiger partial charge in [-0.25, -0.2) is 10.1 Å². The highest BCUT2D eigenvalue weighted by Gasteiger charge is 2.46. The first-order valence-electron chi connectivity index (χ1n) is 10.5. The predicted octanol–water partition coefficient (Wildman–Crippen LogP) is 3.35. The van der Waals surface area contributed by atoms with Crippen molar-refractivity contribution < 1.29 is 4.79 Å². The molecule has 146 valence electrons. The van der Waals surface area contributed by atoms with Crippen molar-refractivity contribution in [2.75, 3.05) is 0 Å². The van der Waals surface area contributed by atoms with Crippen molar-refractivity contribution in [3.05, 3.63) is 40.3 Å². The van der Waals surface area contributed by atoms with Crippen LogP contribution in [-0.4, -0.2) is 21.4 Å². The minimum Gasteiger partial charge on any atom is -0.267 e. The van der Waals surface area contributed by atoms with Crippen LogP contribution in [-0.2, 0) is 6.54 Å². The van der Waals surface area contributed by atoms with Gasteiger partial charge in [0, 0.05) is 17.6 Å². The molecule has 1 N–H and O–H groups in total. The highest BCUT2D eigenvalue weighted by Crippen LogP contribution is 2.52. The van der Waals surface area contributed by atoms with Gasteiger partial charge in [0.2, 0.25) is 0 Å². The van der Waals surface area contributed by atoms with E-state index in [9.17, 15) is 9.59 Å². The van der Waals surface area contributed by atoms with Gasteiger partial charge in [0.25, 0.3) is 11.5 Å². The zero-order valence-electron chi connectivity index (χ0n) is 16.2. The molecular formula is C22H26N4O2. The smallest absolute Gasteiger partial charge is 0.267 e. The number of hydrazone groups is 1. The van der Waals surface area contributed by atoms with Crippen LogP contribution in [0.15, 0.2) is 34.2 Å². The average molecular weight is 378 g/mol. The molecule has 4 aliphatic rings. The first-order valence-corrected chi connectivity index (χ1v) is 10.5. The first-order chi connectivity index (χ1) is 13.6. The average Bonchev–Trinajstić information content (AvgIpc) is 2.69. The van der Waals surface area contributed by atoms with Crippen LogP contribution in [0.3, 0.4) is 0 Å². The van der Waals surface area contributed by atoms with E-state index in [1.165, 1.54) is 42.5 Å². The summed E-state index contributed by atoms with van der Waals surface area (Å²) in [6.07, 6.45) is 7.07. The topological polar surface area (TPSA) is 76.3 Å². The van der Waals surface area contributed by atoms with Crippen molar-refractivity contribution in [3.8, 4) is 0 Å². The number of rotatable bonds is 4. The number of hydrogen-bond donors (Lipinski definition) is 1. The normalized spacial score (nSPS) is 28.0. The molecule has 0 aliphatic heterocycles. The number of benzene rings is 1. The van der Waals surface area contributed by atoms with Crippen LogP contribution in [0.5, 0.6) is 0 Å². The first kappa shape index (κ1) is 17.6. The lowest BCUT2D eigenvalue weighted by Gasteiger charge is -2.50. The van der Waals surface area contributed by atoms with E-state index in [2.05, 4.69) is 15.6 Å². The number of amides is 1. The Morgan fingerprint density at radius 1 is 1.11 bits per heavy atom. The molecule has 2 aromatic rings. The summed E-state index contributed by atoms with van der Waals surface area (Å²) in [6.45, 7) is 2.48. The second kappa shape index (κ2) is 6.83. The number of hydrogen-bond acceptors (Lipinski definition) is 4. The molecule has 6 rings (SSSR count). The molecule has 0 saturated heterocycles. The van der Waals surface area contributed by atoms with Crippen LogP contribution in [0.25, 0.3) is 10.8 Å². The number of nitrogens with zero attached hydrogens (tertiary/aromatic N) is 3. The van der Waals surface area contributed by atoms with Gasteiger partial charge in [-0.05, 0) is 68.3 Å². The summed E-state index contributed by atoms with van der Waals surface area (Å²) in [4.78, 5) is 25.6. The zero-order chi connectivity index (χ0) is 19.3.